The Morgan fingerprint density at radius 3 is 2.58 bits per heavy atom. The summed E-state index contributed by atoms with van der Waals surface area (Å²) < 4.78 is 1.94. The second-order valence-electron chi connectivity index (χ2n) is 6.55. The normalized spacial score (nSPS) is 16.7. The Kier molecular flexibility index (Phi) is 3.81. The average Bonchev–Trinajstić information content (AvgIpc) is 3.38. The van der Waals surface area contributed by atoms with Crippen molar-refractivity contribution in [3.05, 3.63) is 66.5 Å². The van der Waals surface area contributed by atoms with Gasteiger partial charge in [-0.2, -0.15) is 0 Å². The van der Waals surface area contributed by atoms with Gasteiger partial charge in [-0.3, -0.25) is 4.79 Å². The van der Waals surface area contributed by atoms with Gasteiger partial charge in [-0.15, -0.1) is 0 Å². The molecule has 122 valence electrons. The van der Waals surface area contributed by atoms with E-state index in [2.05, 4.69) is 22.4 Å². The minimum atomic E-state index is -0.289. The molecule has 4 heteroatoms. The summed E-state index contributed by atoms with van der Waals surface area (Å²) in [4.78, 5) is 17.2. The Morgan fingerprint density at radius 2 is 1.83 bits per heavy atom. The SMILES string of the molecule is C[C@H](C(=O)N[C@H](c1ccccc1)C1CC1)n1cnc2ccccc21. The van der Waals surface area contributed by atoms with E-state index < -0.39 is 0 Å². The average molecular weight is 319 g/mol. The summed E-state index contributed by atoms with van der Waals surface area (Å²) in [7, 11) is 0. The van der Waals surface area contributed by atoms with Crippen molar-refractivity contribution in [2.24, 2.45) is 5.92 Å². The molecule has 0 bridgehead atoms. The van der Waals surface area contributed by atoms with Crippen LogP contribution in [0.3, 0.4) is 0 Å². The van der Waals surface area contributed by atoms with E-state index in [1.807, 2.05) is 54.0 Å². The van der Waals surface area contributed by atoms with Crippen LogP contribution in [0.25, 0.3) is 11.0 Å². The number of hydrogen-bond acceptors (Lipinski definition) is 2. The standard InChI is InChI=1S/C20H21N3O/c1-14(23-13-21-17-9-5-6-10-18(17)23)20(24)22-19(16-11-12-16)15-7-3-2-4-8-15/h2-10,13-14,16,19H,11-12H2,1H3,(H,22,24)/t14-,19-/m1/s1. The highest BCUT2D eigenvalue weighted by Crippen LogP contribution is 2.41. The molecule has 0 spiro atoms. The zero-order chi connectivity index (χ0) is 16.5. The van der Waals surface area contributed by atoms with Crippen molar-refractivity contribution in [1.82, 2.24) is 14.9 Å². The highest BCUT2D eigenvalue weighted by Gasteiger charge is 2.34. The molecule has 4 rings (SSSR count). The predicted molar refractivity (Wildman–Crippen MR) is 94.5 cm³/mol. The largest absolute Gasteiger partial charge is 0.347 e. The molecule has 2 aromatic carbocycles. The third-order valence-corrected chi connectivity index (χ3v) is 4.83. The number of fused-ring (bicyclic) bond motifs is 1. The fourth-order valence-electron chi connectivity index (χ4n) is 3.25. The van der Waals surface area contributed by atoms with Gasteiger partial charge in [0.15, 0.2) is 0 Å². The highest BCUT2D eigenvalue weighted by molar-refractivity contribution is 5.84. The van der Waals surface area contributed by atoms with Crippen LogP contribution < -0.4 is 5.32 Å². The molecular weight excluding hydrogens is 298 g/mol. The molecule has 1 saturated carbocycles. The quantitative estimate of drug-likeness (QED) is 0.776. The van der Waals surface area contributed by atoms with E-state index in [9.17, 15) is 4.79 Å². The molecule has 1 fully saturated rings. The minimum absolute atomic E-state index is 0.0407. The number of hydrogen-bond donors (Lipinski definition) is 1. The molecule has 1 amide bonds. The van der Waals surface area contributed by atoms with Crippen LogP contribution in [-0.2, 0) is 4.79 Å². The summed E-state index contributed by atoms with van der Waals surface area (Å²) in [6.07, 6.45) is 4.12. The minimum Gasteiger partial charge on any atom is -0.347 e. The predicted octanol–water partition coefficient (Wildman–Crippen LogP) is 3.86. The van der Waals surface area contributed by atoms with Crippen LogP contribution in [0.2, 0.25) is 0 Å². The topological polar surface area (TPSA) is 46.9 Å². The van der Waals surface area contributed by atoms with Gasteiger partial charge in [0.25, 0.3) is 0 Å². The first kappa shape index (κ1) is 14.9. The first-order chi connectivity index (χ1) is 11.7. The number of carbonyl (C=O) groups is 1. The van der Waals surface area contributed by atoms with Crippen LogP contribution in [0.5, 0.6) is 0 Å². The van der Waals surface area contributed by atoms with E-state index in [1.54, 1.807) is 6.33 Å². The van der Waals surface area contributed by atoms with Gasteiger partial charge in [0.2, 0.25) is 5.91 Å². The number of carbonyl (C=O) groups excluding carboxylic acids is 1. The Hall–Kier alpha value is -2.62. The summed E-state index contributed by atoms with van der Waals surface area (Å²) in [6, 6.07) is 18.0. The molecule has 1 aliphatic rings. The van der Waals surface area contributed by atoms with Crippen molar-refractivity contribution in [1.29, 1.82) is 0 Å². The molecule has 1 heterocycles. The Labute approximate surface area is 141 Å². The fraction of sp³-hybridized carbons (Fsp3) is 0.300. The third-order valence-electron chi connectivity index (χ3n) is 4.83. The molecule has 2 atom stereocenters. The summed E-state index contributed by atoms with van der Waals surface area (Å²) in [5, 5.41) is 3.26. The van der Waals surface area contributed by atoms with E-state index in [0.29, 0.717) is 5.92 Å². The molecule has 3 aromatic rings. The van der Waals surface area contributed by atoms with Crippen LogP contribution in [0.4, 0.5) is 0 Å². The summed E-state index contributed by atoms with van der Waals surface area (Å²) in [6.45, 7) is 1.93. The number of imidazole rings is 1. The van der Waals surface area contributed by atoms with E-state index in [4.69, 9.17) is 0 Å². The maximum atomic E-state index is 12.8. The number of para-hydroxylation sites is 2. The van der Waals surface area contributed by atoms with Crippen LogP contribution in [0, 0.1) is 5.92 Å². The van der Waals surface area contributed by atoms with Crippen LogP contribution in [-0.4, -0.2) is 15.5 Å². The molecule has 0 aliphatic heterocycles. The number of nitrogens with zero attached hydrogens (tertiary/aromatic N) is 2. The fourth-order valence-corrected chi connectivity index (χ4v) is 3.25. The Morgan fingerprint density at radius 1 is 1.12 bits per heavy atom. The zero-order valence-electron chi connectivity index (χ0n) is 13.7. The van der Waals surface area contributed by atoms with Crippen LogP contribution in [0.1, 0.15) is 37.4 Å². The van der Waals surface area contributed by atoms with Crippen molar-refractivity contribution >= 4 is 16.9 Å². The number of benzene rings is 2. The van der Waals surface area contributed by atoms with Gasteiger partial charge in [0.05, 0.1) is 23.4 Å². The number of aromatic nitrogens is 2. The molecule has 0 radical (unpaired) electrons. The van der Waals surface area contributed by atoms with Gasteiger partial charge in [-0.05, 0) is 43.4 Å². The molecule has 0 saturated heterocycles. The lowest BCUT2D eigenvalue weighted by Crippen LogP contribution is -2.35. The lowest BCUT2D eigenvalue weighted by Gasteiger charge is -2.22. The first-order valence-electron chi connectivity index (χ1n) is 8.51. The first-order valence-corrected chi connectivity index (χ1v) is 8.51. The zero-order valence-corrected chi connectivity index (χ0v) is 13.7. The monoisotopic (exact) mass is 319 g/mol. The van der Waals surface area contributed by atoms with E-state index in [0.717, 1.165) is 11.0 Å². The van der Waals surface area contributed by atoms with Gasteiger partial charge in [-0.25, -0.2) is 4.98 Å². The maximum Gasteiger partial charge on any atom is 0.243 e. The summed E-state index contributed by atoms with van der Waals surface area (Å²) >= 11 is 0. The van der Waals surface area contributed by atoms with Gasteiger partial charge in [-0.1, -0.05) is 42.5 Å². The van der Waals surface area contributed by atoms with Crippen molar-refractivity contribution in [3.63, 3.8) is 0 Å². The Bertz CT molecular complexity index is 851. The smallest absolute Gasteiger partial charge is 0.243 e. The van der Waals surface area contributed by atoms with Gasteiger partial charge < -0.3 is 9.88 Å². The lowest BCUT2D eigenvalue weighted by atomic mass is 10.0. The van der Waals surface area contributed by atoms with Gasteiger partial charge >= 0.3 is 0 Å². The summed E-state index contributed by atoms with van der Waals surface area (Å²) in [5.41, 5.74) is 3.10. The van der Waals surface area contributed by atoms with Crippen molar-refractivity contribution in [3.8, 4) is 0 Å². The third kappa shape index (κ3) is 2.80. The van der Waals surface area contributed by atoms with E-state index in [-0.39, 0.29) is 18.0 Å². The molecular formula is C20H21N3O. The van der Waals surface area contributed by atoms with Crippen molar-refractivity contribution < 1.29 is 4.79 Å². The van der Waals surface area contributed by atoms with Gasteiger partial charge in [0, 0.05) is 0 Å². The number of amides is 1. The highest BCUT2D eigenvalue weighted by atomic mass is 16.2. The second kappa shape index (κ2) is 6.11. The number of rotatable bonds is 5. The van der Waals surface area contributed by atoms with E-state index in [1.165, 1.54) is 18.4 Å². The van der Waals surface area contributed by atoms with Crippen molar-refractivity contribution in [2.45, 2.75) is 31.8 Å². The van der Waals surface area contributed by atoms with Crippen LogP contribution in [0.15, 0.2) is 60.9 Å². The maximum absolute atomic E-state index is 12.8. The number of nitrogens with one attached hydrogen (secondary N) is 1. The van der Waals surface area contributed by atoms with Crippen LogP contribution >= 0.6 is 0 Å². The second-order valence-corrected chi connectivity index (χ2v) is 6.55. The molecule has 4 nitrogen and oxygen atoms in total. The molecule has 24 heavy (non-hydrogen) atoms. The van der Waals surface area contributed by atoms with Crippen molar-refractivity contribution in [2.75, 3.05) is 0 Å². The molecule has 0 unspecified atom stereocenters. The molecule has 1 aliphatic carbocycles. The Balaban J connectivity index is 1.56. The molecule has 1 aromatic heterocycles. The summed E-state index contributed by atoms with van der Waals surface area (Å²) in [5.74, 6) is 0.599. The molecule has 1 N–H and O–H groups in total. The lowest BCUT2D eigenvalue weighted by molar-refractivity contribution is -0.124. The van der Waals surface area contributed by atoms with Gasteiger partial charge in [0.1, 0.15) is 6.04 Å². The van der Waals surface area contributed by atoms with E-state index >= 15 is 0 Å².